The van der Waals surface area contributed by atoms with Crippen molar-refractivity contribution < 1.29 is 57.6 Å². The van der Waals surface area contributed by atoms with E-state index in [0.29, 0.717) is 114 Å². The van der Waals surface area contributed by atoms with Gasteiger partial charge in [-0.25, -0.2) is 0 Å². The highest BCUT2D eigenvalue weighted by Crippen LogP contribution is 2.41. The van der Waals surface area contributed by atoms with E-state index < -0.39 is 16.1 Å². The van der Waals surface area contributed by atoms with Crippen LogP contribution in [0.5, 0.6) is 11.5 Å². The quantitative estimate of drug-likeness (QED) is 0.116. The zero-order valence-corrected chi connectivity index (χ0v) is 64.8. The average molecular weight is 1450 g/mol. The van der Waals surface area contributed by atoms with Crippen LogP contribution in [-0.4, -0.2) is 106 Å². The standard InChI is InChI=1S/C52H64O6Si2.C40H36O6/c1-39(2)60(40(3)4,41(5)6)31-24-42-20-22-44(25-30-59(7,8)9)47(32-42)23-21-43-33-48-35-55-37-50(45-16-12-10-13-17-45)57-28-26-54-27-29-58-51(46-18-14-11-15-19-46)38-56-36-49(34-43)52(48)53;1-3-30-15-17-32(4-2)35(23-30)18-16-31-24-36-26-43-28-38(33-11-7-5-8-12-33)45-21-19-42-20-22-46-39(34-13-9-6-10-14-34)29-44-27-37(25-31)40(36)41/h10-20,22,32-34,39-41,50-51,53H,26-29,35-38H2,1-9H3;1-2,5-15,17,23-25,38-39,41H,19-22,26-29H2/t50-,51-;38-,39-/m11/s1. The molecular weight excluding hydrogens is 1350 g/mol. The topological polar surface area (TPSA) is 133 Å². The number of rotatable bonds is 7. The van der Waals surface area contributed by atoms with Gasteiger partial charge in [-0.05, 0) is 99.5 Å². The van der Waals surface area contributed by atoms with Crippen LogP contribution in [0.2, 0.25) is 36.3 Å². The lowest BCUT2D eigenvalue weighted by Gasteiger charge is -2.38. The zero-order valence-electron chi connectivity index (χ0n) is 62.8. The lowest BCUT2D eigenvalue weighted by atomic mass is 10.0. The molecule has 0 aromatic heterocycles. The molecule has 106 heavy (non-hydrogen) atoms. The molecular formula is C92H100O12Si2. The summed E-state index contributed by atoms with van der Waals surface area (Å²) in [6, 6.07) is 58.9. The van der Waals surface area contributed by atoms with Crippen LogP contribution < -0.4 is 0 Å². The predicted octanol–water partition coefficient (Wildman–Crippen LogP) is 17.5. The predicted molar refractivity (Wildman–Crippen MR) is 426 cm³/mol. The van der Waals surface area contributed by atoms with Crippen molar-refractivity contribution in [1.82, 2.24) is 0 Å². The van der Waals surface area contributed by atoms with Gasteiger partial charge in [0.1, 0.15) is 52.1 Å². The van der Waals surface area contributed by atoms with E-state index in [2.05, 4.69) is 138 Å². The summed E-state index contributed by atoms with van der Waals surface area (Å²) in [6.07, 6.45) is 10.0. The molecule has 2 N–H and O–H groups in total. The molecule has 0 amide bonds. The summed E-state index contributed by atoms with van der Waals surface area (Å²) in [5, 5.41) is 23.0. The third-order valence-corrected chi connectivity index (χ3v) is 25.6. The van der Waals surface area contributed by atoms with Gasteiger partial charge in [0.15, 0.2) is 0 Å². The number of phenolic OH excluding ortho intramolecular Hbond substituents is 2. The van der Waals surface area contributed by atoms with Gasteiger partial charge in [0, 0.05) is 66.8 Å². The van der Waals surface area contributed by atoms with Crippen LogP contribution in [0.15, 0.2) is 182 Å². The Labute approximate surface area is 631 Å². The van der Waals surface area contributed by atoms with Crippen molar-refractivity contribution >= 4 is 16.1 Å². The van der Waals surface area contributed by atoms with Gasteiger partial charge >= 0.3 is 0 Å². The Balaban J connectivity index is 0.000000254. The third kappa shape index (κ3) is 24.4. The fraction of sp³-hybridized carbons (Fsp3) is 0.348. The lowest BCUT2D eigenvalue weighted by Crippen LogP contribution is -2.43. The number of aromatic hydroxyl groups is 2. The molecule has 0 saturated carbocycles. The van der Waals surface area contributed by atoms with E-state index in [-0.39, 0.29) is 88.8 Å². The lowest BCUT2D eigenvalue weighted by molar-refractivity contribution is -0.0646. The number of ether oxygens (including phenoxy) is 10. The van der Waals surface area contributed by atoms with Crippen molar-refractivity contribution in [2.24, 2.45) is 0 Å². The molecule has 14 heteroatoms. The molecule has 0 saturated heterocycles. The summed E-state index contributed by atoms with van der Waals surface area (Å²) in [5.41, 5.74) is 21.4. The molecule has 0 radical (unpaired) electrons. The summed E-state index contributed by atoms with van der Waals surface area (Å²) < 4.78 is 61.5. The van der Waals surface area contributed by atoms with Crippen molar-refractivity contribution in [3.63, 3.8) is 0 Å². The number of hydrogen-bond donors (Lipinski definition) is 2. The Morgan fingerprint density at radius 2 is 0.660 bits per heavy atom. The maximum Gasteiger partial charge on any atom is 0.146 e. The Hall–Kier alpha value is -9.25. The maximum absolute atomic E-state index is 11.7. The van der Waals surface area contributed by atoms with Gasteiger partial charge < -0.3 is 57.6 Å². The smallest absolute Gasteiger partial charge is 0.146 e. The molecule has 0 aliphatic carbocycles. The van der Waals surface area contributed by atoms with E-state index in [0.717, 1.165) is 44.5 Å². The number of terminal acetylenes is 2. The molecule has 2 aliphatic heterocycles. The van der Waals surface area contributed by atoms with Gasteiger partial charge in [-0.2, -0.15) is 0 Å². The highest BCUT2D eigenvalue weighted by Gasteiger charge is 2.42. The molecule has 2 heterocycles. The molecule has 548 valence electrons. The van der Waals surface area contributed by atoms with Crippen molar-refractivity contribution in [2.45, 2.75) is 129 Å². The Kier molecular flexibility index (Phi) is 31.7. The Morgan fingerprint density at radius 3 is 0.991 bits per heavy atom. The maximum atomic E-state index is 11.7. The highest BCUT2D eigenvalue weighted by atomic mass is 28.3. The first-order valence-electron chi connectivity index (χ1n) is 36.5. The fourth-order valence-corrected chi connectivity index (χ4v) is 18.6. The van der Waals surface area contributed by atoms with Gasteiger partial charge in [-0.3, -0.25) is 0 Å². The van der Waals surface area contributed by atoms with Crippen LogP contribution in [0.3, 0.4) is 0 Å². The molecule has 12 nitrogen and oxygen atoms in total. The first kappa shape index (κ1) is 80.8. The summed E-state index contributed by atoms with van der Waals surface area (Å²) >= 11 is 0. The molecule has 0 spiro atoms. The average Bonchev–Trinajstić information content (AvgIpc) is 0.791. The molecule has 8 aromatic rings. The molecule has 2 aliphatic rings. The van der Waals surface area contributed by atoms with Crippen LogP contribution in [0.25, 0.3) is 0 Å². The highest BCUT2D eigenvalue weighted by molar-refractivity contribution is 6.90. The number of benzene rings is 8. The van der Waals surface area contributed by atoms with E-state index in [9.17, 15) is 10.2 Å². The second-order valence-corrected chi connectivity index (χ2v) is 38.4. The minimum absolute atomic E-state index is 0.0908. The minimum Gasteiger partial charge on any atom is -0.507 e. The molecule has 0 unspecified atom stereocenters. The largest absolute Gasteiger partial charge is 0.507 e. The molecule has 8 aromatic carbocycles. The van der Waals surface area contributed by atoms with Gasteiger partial charge in [0.2, 0.25) is 0 Å². The van der Waals surface area contributed by atoms with E-state index in [1.54, 1.807) is 18.2 Å². The first-order valence-corrected chi connectivity index (χ1v) is 42.3. The zero-order chi connectivity index (χ0) is 75.1. The van der Waals surface area contributed by atoms with E-state index in [1.165, 1.54) is 0 Å². The van der Waals surface area contributed by atoms with E-state index in [4.69, 9.17) is 60.2 Å². The minimum atomic E-state index is -1.94. The molecule has 0 fully saturated rings. The van der Waals surface area contributed by atoms with Crippen LogP contribution in [0, 0.1) is 71.3 Å². The van der Waals surface area contributed by atoms with Gasteiger partial charge in [0.05, 0.1) is 106 Å². The van der Waals surface area contributed by atoms with Crippen LogP contribution >= 0.6 is 0 Å². The number of phenols is 2. The molecule has 4 bridgehead atoms. The second kappa shape index (κ2) is 41.6. The van der Waals surface area contributed by atoms with Gasteiger partial charge in [-0.1, -0.05) is 230 Å². The SMILES string of the molecule is C#Cc1ccc(C#C)c(C#Cc2cc3c(O)c(c2)COC[C@H](c2ccccc2)OCCOCCO[C@@H](c2ccccc2)COC3)c1.CC(C)[Si](C#Cc1ccc(C#C[Si](C)(C)C)c(C#Cc2cc3c(O)c(c2)COC[C@H](c2ccccc2)OCCOCCO[C@@H](c2ccccc2)COC3)c1)(C(C)C)C(C)C. The summed E-state index contributed by atoms with van der Waals surface area (Å²) in [4.78, 5) is 0. The number of fused-ring (bicyclic) bond motifs is 4. The Bertz CT molecular complexity index is 4290. The van der Waals surface area contributed by atoms with Gasteiger partial charge in [-0.15, -0.1) is 23.9 Å². The number of hydrogen-bond acceptors (Lipinski definition) is 12. The van der Waals surface area contributed by atoms with Crippen LogP contribution in [0.4, 0.5) is 0 Å². The summed E-state index contributed by atoms with van der Waals surface area (Å²) in [5.74, 6) is 25.9. The fourth-order valence-electron chi connectivity index (χ4n) is 12.9. The van der Waals surface area contributed by atoms with Crippen molar-refractivity contribution in [2.75, 3.05) is 79.3 Å². The van der Waals surface area contributed by atoms with Crippen LogP contribution in [-0.2, 0) is 73.8 Å². The molecule has 4 atom stereocenters. The van der Waals surface area contributed by atoms with Crippen molar-refractivity contribution in [3.05, 3.63) is 271 Å². The molecule has 10 rings (SSSR count). The first-order chi connectivity index (χ1) is 51.4. The summed E-state index contributed by atoms with van der Waals surface area (Å²) in [7, 11) is -3.61. The second-order valence-electron chi connectivity index (χ2n) is 28.1. The van der Waals surface area contributed by atoms with Crippen molar-refractivity contribution in [3.8, 4) is 82.8 Å². The monoisotopic (exact) mass is 1450 g/mol. The van der Waals surface area contributed by atoms with Gasteiger partial charge in [0.25, 0.3) is 0 Å². The van der Waals surface area contributed by atoms with E-state index in [1.807, 2.05) is 146 Å². The van der Waals surface area contributed by atoms with Crippen molar-refractivity contribution in [1.29, 1.82) is 0 Å². The third-order valence-electron chi connectivity index (χ3n) is 18.4. The normalized spacial score (nSPS) is 17.6. The summed E-state index contributed by atoms with van der Waals surface area (Å²) in [6.45, 7) is 25.7. The van der Waals surface area contributed by atoms with Crippen LogP contribution in [0.1, 0.15) is 155 Å². The Morgan fingerprint density at radius 1 is 0.330 bits per heavy atom. The van der Waals surface area contributed by atoms with E-state index >= 15 is 0 Å².